The molecule has 1 fully saturated rings. The van der Waals surface area contributed by atoms with Crippen LogP contribution in [0.2, 0.25) is 0 Å². The number of hydrogen-bond donors (Lipinski definition) is 1. The van der Waals surface area contributed by atoms with Crippen LogP contribution in [0.5, 0.6) is 0 Å². The summed E-state index contributed by atoms with van der Waals surface area (Å²) in [5.74, 6) is 0. The van der Waals surface area contributed by atoms with E-state index in [4.69, 9.17) is 4.74 Å². The summed E-state index contributed by atoms with van der Waals surface area (Å²) in [6.45, 7) is 2.72. The molecule has 9 heteroatoms. The molecular formula is C22H21F3N4O2. The largest absolute Gasteiger partial charge is 0.416 e. The van der Waals surface area contributed by atoms with Crippen LogP contribution < -0.4 is 5.32 Å². The molecule has 0 unspecified atom stereocenters. The number of alkyl halides is 3. The molecule has 1 aliphatic heterocycles. The lowest BCUT2D eigenvalue weighted by Crippen LogP contribution is -2.47. The number of rotatable bonds is 3. The number of anilines is 1. The Labute approximate surface area is 177 Å². The molecular weight excluding hydrogens is 409 g/mol. The summed E-state index contributed by atoms with van der Waals surface area (Å²) in [5.41, 5.74) is 0.863. The molecule has 3 aromatic rings. The number of ether oxygens (including phenoxy) is 1. The molecule has 2 atom stereocenters. The highest BCUT2D eigenvalue weighted by Gasteiger charge is 2.31. The normalized spacial score (nSPS) is 19.3. The second-order valence-corrected chi connectivity index (χ2v) is 7.40. The summed E-state index contributed by atoms with van der Waals surface area (Å²) >= 11 is 0. The minimum atomic E-state index is -4.44. The Bertz CT molecular complexity index is 1050. The first kappa shape index (κ1) is 20.9. The molecule has 1 aromatic heterocycles. The zero-order chi connectivity index (χ0) is 22.0. The van der Waals surface area contributed by atoms with Crippen molar-refractivity contribution in [2.75, 3.05) is 18.4 Å². The van der Waals surface area contributed by atoms with Crippen LogP contribution in [0, 0.1) is 0 Å². The van der Waals surface area contributed by atoms with Gasteiger partial charge < -0.3 is 15.0 Å². The molecule has 6 nitrogen and oxygen atoms in total. The molecule has 0 aliphatic carbocycles. The lowest BCUT2D eigenvalue weighted by Gasteiger charge is -2.36. The van der Waals surface area contributed by atoms with Gasteiger partial charge in [0.15, 0.2) is 0 Å². The lowest BCUT2D eigenvalue weighted by atomic mass is 10.1. The van der Waals surface area contributed by atoms with Crippen LogP contribution >= 0.6 is 0 Å². The maximum Gasteiger partial charge on any atom is 0.416 e. The van der Waals surface area contributed by atoms with Crippen LogP contribution in [0.4, 0.5) is 23.7 Å². The number of aromatic nitrogens is 2. The minimum absolute atomic E-state index is 0.141. The van der Waals surface area contributed by atoms with Crippen LogP contribution in [0.3, 0.4) is 0 Å². The Morgan fingerprint density at radius 3 is 2.65 bits per heavy atom. The highest BCUT2D eigenvalue weighted by molar-refractivity contribution is 5.89. The van der Waals surface area contributed by atoms with Gasteiger partial charge in [-0.1, -0.05) is 36.4 Å². The van der Waals surface area contributed by atoms with E-state index in [1.807, 2.05) is 37.3 Å². The van der Waals surface area contributed by atoms with Crippen LogP contribution in [0.1, 0.15) is 24.2 Å². The summed E-state index contributed by atoms with van der Waals surface area (Å²) in [5, 5.41) is 6.84. The Morgan fingerprint density at radius 2 is 1.90 bits per heavy atom. The SMILES string of the molecule is C[C@@H]1CN(C(=O)Nc2cnn(-c3cccc(C(F)(F)F)c3)c2)C[C@H](c2ccccc2)O1. The van der Waals surface area contributed by atoms with E-state index in [0.717, 1.165) is 17.7 Å². The van der Waals surface area contributed by atoms with E-state index >= 15 is 0 Å². The molecule has 0 saturated carbocycles. The van der Waals surface area contributed by atoms with Gasteiger partial charge in [0.05, 0.1) is 42.0 Å². The van der Waals surface area contributed by atoms with Crippen molar-refractivity contribution in [3.63, 3.8) is 0 Å². The van der Waals surface area contributed by atoms with Gasteiger partial charge in [-0.05, 0) is 30.7 Å². The third-order valence-corrected chi connectivity index (χ3v) is 4.99. The second kappa shape index (κ2) is 8.43. The number of carbonyl (C=O) groups is 1. The van der Waals surface area contributed by atoms with E-state index < -0.39 is 11.7 Å². The number of hydrogen-bond acceptors (Lipinski definition) is 3. The van der Waals surface area contributed by atoms with Gasteiger partial charge in [-0.3, -0.25) is 0 Å². The molecule has 0 spiro atoms. The molecule has 31 heavy (non-hydrogen) atoms. The van der Waals surface area contributed by atoms with Gasteiger partial charge in [-0.25, -0.2) is 9.48 Å². The first-order chi connectivity index (χ1) is 14.8. The number of nitrogens with zero attached hydrogens (tertiary/aromatic N) is 3. The third kappa shape index (κ3) is 4.88. The molecule has 2 amide bonds. The molecule has 2 heterocycles. The van der Waals surface area contributed by atoms with E-state index in [1.54, 1.807) is 4.90 Å². The highest BCUT2D eigenvalue weighted by atomic mass is 19.4. The second-order valence-electron chi connectivity index (χ2n) is 7.40. The molecule has 0 radical (unpaired) electrons. The van der Waals surface area contributed by atoms with Gasteiger partial charge in [-0.2, -0.15) is 18.3 Å². The smallest absolute Gasteiger partial charge is 0.367 e. The predicted molar refractivity (Wildman–Crippen MR) is 109 cm³/mol. The number of halogens is 3. The number of urea groups is 1. The van der Waals surface area contributed by atoms with Crippen molar-refractivity contribution in [2.24, 2.45) is 0 Å². The Balaban J connectivity index is 1.45. The van der Waals surface area contributed by atoms with Crippen molar-refractivity contribution in [3.05, 3.63) is 78.1 Å². The van der Waals surface area contributed by atoms with Crippen LogP contribution in [0.15, 0.2) is 67.0 Å². The summed E-state index contributed by atoms with van der Waals surface area (Å²) in [4.78, 5) is 14.5. The molecule has 1 N–H and O–H groups in total. The van der Waals surface area contributed by atoms with E-state index in [0.29, 0.717) is 18.8 Å². The van der Waals surface area contributed by atoms with Gasteiger partial charge >= 0.3 is 12.2 Å². The van der Waals surface area contributed by atoms with Crippen molar-refractivity contribution < 1.29 is 22.7 Å². The van der Waals surface area contributed by atoms with Crippen molar-refractivity contribution >= 4 is 11.7 Å². The number of carbonyl (C=O) groups excluding carboxylic acids is 1. The molecule has 0 bridgehead atoms. The van der Waals surface area contributed by atoms with E-state index in [-0.39, 0.29) is 23.9 Å². The quantitative estimate of drug-likeness (QED) is 0.644. The highest BCUT2D eigenvalue weighted by Crippen LogP contribution is 2.30. The fourth-order valence-electron chi connectivity index (χ4n) is 3.52. The van der Waals surface area contributed by atoms with Crippen molar-refractivity contribution in [3.8, 4) is 5.69 Å². The average molecular weight is 430 g/mol. The van der Waals surface area contributed by atoms with Gasteiger partial charge in [0.25, 0.3) is 0 Å². The summed E-state index contributed by atoms with van der Waals surface area (Å²) in [6, 6.07) is 14.2. The predicted octanol–water partition coefficient (Wildman–Crippen LogP) is 4.89. The lowest BCUT2D eigenvalue weighted by molar-refractivity contribution is -0.137. The maximum atomic E-state index is 13.0. The molecule has 2 aromatic carbocycles. The Morgan fingerprint density at radius 1 is 1.13 bits per heavy atom. The number of nitrogens with one attached hydrogen (secondary N) is 1. The zero-order valence-electron chi connectivity index (χ0n) is 16.7. The topological polar surface area (TPSA) is 59.4 Å². The van der Waals surface area contributed by atoms with Gasteiger partial charge in [0, 0.05) is 6.54 Å². The van der Waals surface area contributed by atoms with E-state index in [1.165, 1.54) is 29.2 Å². The van der Waals surface area contributed by atoms with Crippen molar-refractivity contribution in [1.82, 2.24) is 14.7 Å². The Hall–Kier alpha value is -3.33. The molecule has 4 rings (SSSR count). The van der Waals surface area contributed by atoms with Crippen LogP contribution in [-0.2, 0) is 10.9 Å². The fourth-order valence-corrected chi connectivity index (χ4v) is 3.52. The van der Waals surface area contributed by atoms with Gasteiger partial charge in [0.1, 0.15) is 6.10 Å². The summed E-state index contributed by atoms with van der Waals surface area (Å²) in [6.07, 6.45) is -1.94. The molecule has 1 saturated heterocycles. The first-order valence-electron chi connectivity index (χ1n) is 9.78. The van der Waals surface area contributed by atoms with Crippen molar-refractivity contribution in [1.29, 1.82) is 0 Å². The van der Waals surface area contributed by atoms with Crippen LogP contribution in [-0.4, -0.2) is 39.9 Å². The summed E-state index contributed by atoms with van der Waals surface area (Å²) < 4.78 is 46.1. The summed E-state index contributed by atoms with van der Waals surface area (Å²) in [7, 11) is 0. The first-order valence-corrected chi connectivity index (χ1v) is 9.78. The van der Waals surface area contributed by atoms with E-state index in [9.17, 15) is 18.0 Å². The van der Waals surface area contributed by atoms with Crippen LogP contribution in [0.25, 0.3) is 5.69 Å². The standard InChI is InChI=1S/C22H21F3N4O2/c1-15-12-28(14-20(31-15)16-6-3-2-4-7-16)21(30)27-18-11-26-29(13-18)19-9-5-8-17(10-19)22(23,24)25/h2-11,13,15,20H,12,14H2,1H3,(H,27,30)/t15-,20-/m1/s1. The minimum Gasteiger partial charge on any atom is -0.367 e. The number of benzene rings is 2. The average Bonchev–Trinajstić information content (AvgIpc) is 3.22. The molecule has 162 valence electrons. The molecule has 1 aliphatic rings. The third-order valence-electron chi connectivity index (χ3n) is 4.99. The zero-order valence-corrected chi connectivity index (χ0v) is 16.7. The van der Waals surface area contributed by atoms with Gasteiger partial charge in [-0.15, -0.1) is 0 Å². The van der Waals surface area contributed by atoms with E-state index in [2.05, 4.69) is 10.4 Å². The van der Waals surface area contributed by atoms with Gasteiger partial charge in [0.2, 0.25) is 0 Å². The maximum absolute atomic E-state index is 13.0. The number of morpholine rings is 1. The van der Waals surface area contributed by atoms with Crippen molar-refractivity contribution in [2.45, 2.75) is 25.3 Å². The number of amides is 2. The fraction of sp³-hybridized carbons (Fsp3) is 0.273. The monoisotopic (exact) mass is 430 g/mol. The Kier molecular flexibility index (Phi) is 5.69.